The average Bonchev–Trinajstić information content (AvgIpc) is 2.34. The first-order chi connectivity index (χ1) is 8.42. The number of aliphatic carboxylic acids is 1. The Kier molecular flexibility index (Phi) is 5.96. The molecule has 1 aliphatic rings. The summed E-state index contributed by atoms with van der Waals surface area (Å²) in [6.07, 6.45) is -0.540. The molecular formula is C9H18N2O6S. The molecule has 1 fully saturated rings. The third-order valence-corrected chi connectivity index (χ3v) is 3.96. The minimum absolute atomic E-state index is 0.0767. The van der Waals surface area contributed by atoms with Crippen LogP contribution >= 0.6 is 0 Å². The second-order valence-corrected chi connectivity index (χ2v) is 5.75. The topological polar surface area (TPSA) is 105 Å². The van der Waals surface area contributed by atoms with Crippen molar-refractivity contribution in [3.05, 3.63) is 0 Å². The van der Waals surface area contributed by atoms with Crippen LogP contribution in [-0.2, 0) is 24.5 Å². The van der Waals surface area contributed by atoms with Crippen molar-refractivity contribution in [2.45, 2.75) is 12.5 Å². The fourth-order valence-corrected chi connectivity index (χ4v) is 2.28. The normalized spacial score (nSPS) is 21.1. The van der Waals surface area contributed by atoms with Gasteiger partial charge >= 0.3 is 5.97 Å². The van der Waals surface area contributed by atoms with Gasteiger partial charge in [-0.25, -0.2) is 0 Å². The molecule has 1 rings (SSSR count). The van der Waals surface area contributed by atoms with Crippen LogP contribution in [-0.4, -0.2) is 69.9 Å². The first-order valence-corrected chi connectivity index (χ1v) is 6.98. The fourth-order valence-electron chi connectivity index (χ4n) is 1.34. The van der Waals surface area contributed by atoms with Gasteiger partial charge in [0.15, 0.2) is 0 Å². The molecule has 0 saturated carbocycles. The molecule has 1 aliphatic heterocycles. The van der Waals surface area contributed by atoms with Gasteiger partial charge in [-0.2, -0.15) is 17.4 Å². The average molecular weight is 282 g/mol. The highest BCUT2D eigenvalue weighted by atomic mass is 32.2. The van der Waals surface area contributed by atoms with Crippen LogP contribution in [0.1, 0.15) is 6.42 Å². The predicted molar refractivity (Wildman–Crippen MR) is 62.4 cm³/mol. The maximum absolute atomic E-state index is 11.7. The molecular weight excluding hydrogens is 264 g/mol. The van der Waals surface area contributed by atoms with E-state index >= 15 is 0 Å². The van der Waals surface area contributed by atoms with Crippen molar-refractivity contribution in [1.82, 2.24) is 9.03 Å². The van der Waals surface area contributed by atoms with Crippen molar-refractivity contribution in [2.75, 3.05) is 40.0 Å². The van der Waals surface area contributed by atoms with E-state index in [-0.39, 0.29) is 25.6 Å². The predicted octanol–water partition coefficient (Wildman–Crippen LogP) is -1.36. The largest absolute Gasteiger partial charge is 0.481 e. The maximum Gasteiger partial charge on any atom is 0.304 e. The zero-order valence-corrected chi connectivity index (χ0v) is 11.0. The lowest BCUT2D eigenvalue weighted by molar-refractivity contribution is -0.137. The van der Waals surface area contributed by atoms with Crippen molar-refractivity contribution < 1.29 is 27.8 Å². The second kappa shape index (κ2) is 7.00. The minimum Gasteiger partial charge on any atom is -0.481 e. The van der Waals surface area contributed by atoms with E-state index in [4.69, 9.17) is 14.6 Å². The molecule has 0 radical (unpaired) electrons. The van der Waals surface area contributed by atoms with Gasteiger partial charge < -0.3 is 14.6 Å². The summed E-state index contributed by atoms with van der Waals surface area (Å²) in [5, 5.41) is 8.48. The summed E-state index contributed by atoms with van der Waals surface area (Å²) in [5.41, 5.74) is 0. The fraction of sp³-hybridized carbons (Fsp3) is 0.889. The molecule has 0 spiro atoms. The lowest BCUT2D eigenvalue weighted by Gasteiger charge is -2.24. The standard InChI is InChI=1S/C9H18N2O6S/c1-11(3-2-9(12)13)18(14,15)10-6-8-7-16-4-5-17-8/h8,10H,2-7H2,1H3,(H,12,13). The first-order valence-electron chi connectivity index (χ1n) is 5.54. The van der Waals surface area contributed by atoms with E-state index in [1.807, 2.05) is 0 Å². The van der Waals surface area contributed by atoms with Crippen LogP contribution in [0.5, 0.6) is 0 Å². The molecule has 18 heavy (non-hydrogen) atoms. The lowest BCUT2D eigenvalue weighted by Crippen LogP contribution is -2.45. The third kappa shape index (κ3) is 5.27. The Morgan fingerprint density at radius 1 is 1.50 bits per heavy atom. The van der Waals surface area contributed by atoms with Crippen LogP contribution in [0.2, 0.25) is 0 Å². The van der Waals surface area contributed by atoms with Crippen LogP contribution < -0.4 is 4.72 Å². The third-order valence-electron chi connectivity index (χ3n) is 2.43. The summed E-state index contributed by atoms with van der Waals surface area (Å²) in [4.78, 5) is 10.4. The quantitative estimate of drug-likeness (QED) is 0.597. The molecule has 0 aromatic carbocycles. The molecule has 1 saturated heterocycles. The SMILES string of the molecule is CN(CCC(=O)O)S(=O)(=O)NCC1COCCO1. The Labute approximate surface area is 106 Å². The highest BCUT2D eigenvalue weighted by Crippen LogP contribution is 2.01. The molecule has 2 N–H and O–H groups in total. The number of nitrogens with zero attached hydrogens (tertiary/aromatic N) is 1. The van der Waals surface area contributed by atoms with Crippen molar-refractivity contribution in [3.8, 4) is 0 Å². The molecule has 0 aliphatic carbocycles. The van der Waals surface area contributed by atoms with Gasteiger partial charge in [-0.3, -0.25) is 4.79 Å². The minimum atomic E-state index is -3.67. The van der Waals surface area contributed by atoms with Gasteiger partial charge in [0.1, 0.15) is 0 Å². The van der Waals surface area contributed by atoms with Gasteiger partial charge in [0.25, 0.3) is 10.2 Å². The van der Waals surface area contributed by atoms with E-state index in [2.05, 4.69) is 4.72 Å². The van der Waals surface area contributed by atoms with Crippen molar-refractivity contribution in [2.24, 2.45) is 0 Å². The van der Waals surface area contributed by atoms with Crippen LogP contribution in [0.4, 0.5) is 0 Å². The molecule has 0 aromatic rings. The van der Waals surface area contributed by atoms with E-state index in [0.717, 1.165) is 4.31 Å². The molecule has 9 heteroatoms. The highest BCUT2D eigenvalue weighted by Gasteiger charge is 2.21. The van der Waals surface area contributed by atoms with Crippen LogP contribution in [0, 0.1) is 0 Å². The van der Waals surface area contributed by atoms with Crippen LogP contribution in [0.3, 0.4) is 0 Å². The highest BCUT2D eigenvalue weighted by molar-refractivity contribution is 7.87. The number of hydrogen-bond acceptors (Lipinski definition) is 5. The molecule has 0 amide bonds. The zero-order chi connectivity index (χ0) is 13.6. The van der Waals surface area contributed by atoms with Crippen molar-refractivity contribution in [1.29, 1.82) is 0 Å². The Morgan fingerprint density at radius 3 is 2.78 bits per heavy atom. The number of rotatable bonds is 7. The van der Waals surface area contributed by atoms with Gasteiger partial charge in [0.2, 0.25) is 0 Å². The van der Waals surface area contributed by atoms with Gasteiger partial charge in [-0.15, -0.1) is 0 Å². The van der Waals surface area contributed by atoms with E-state index < -0.39 is 16.2 Å². The first kappa shape index (κ1) is 15.3. The van der Waals surface area contributed by atoms with Crippen LogP contribution in [0.25, 0.3) is 0 Å². The Bertz CT molecular complexity index is 365. The second-order valence-electron chi connectivity index (χ2n) is 3.89. The van der Waals surface area contributed by atoms with Gasteiger partial charge in [0, 0.05) is 20.1 Å². The van der Waals surface area contributed by atoms with Gasteiger partial charge in [-0.05, 0) is 0 Å². The molecule has 0 bridgehead atoms. The molecule has 1 unspecified atom stereocenters. The molecule has 0 aromatic heterocycles. The summed E-state index contributed by atoms with van der Waals surface area (Å²) in [6.45, 7) is 1.34. The number of carboxylic acid groups (broad SMARTS) is 1. The number of nitrogens with one attached hydrogen (secondary N) is 1. The summed E-state index contributed by atoms with van der Waals surface area (Å²) in [6, 6.07) is 0. The van der Waals surface area contributed by atoms with Gasteiger partial charge in [-0.1, -0.05) is 0 Å². The Morgan fingerprint density at radius 2 is 2.22 bits per heavy atom. The van der Waals surface area contributed by atoms with Crippen LogP contribution in [0.15, 0.2) is 0 Å². The summed E-state index contributed by atoms with van der Waals surface area (Å²) < 4.78 is 37.2. The summed E-state index contributed by atoms with van der Waals surface area (Å²) in [5.74, 6) is -1.04. The maximum atomic E-state index is 11.7. The van der Waals surface area contributed by atoms with E-state index in [1.54, 1.807) is 0 Å². The Hall–Kier alpha value is -0.740. The molecule has 8 nitrogen and oxygen atoms in total. The monoisotopic (exact) mass is 282 g/mol. The van der Waals surface area contributed by atoms with E-state index in [1.165, 1.54) is 7.05 Å². The molecule has 1 atom stereocenters. The number of hydrogen-bond donors (Lipinski definition) is 2. The number of carbonyl (C=O) groups is 1. The molecule has 1 heterocycles. The van der Waals surface area contributed by atoms with E-state index in [9.17, 15) is 13.2 Å². The summed E-state index contributed by atoms with van der Waals surface area (Å²) in [7, 11) is -2.35. The lowest BCUT2D eigenvalue weighted by atomic mass is 10.3. The van der Waals surface area contributed by atoms with Crippen molar-refractivity contribution in [3.63, 3.8) is 0 Å². The molecule has 106 valence electrons. The Balaban J connectivity index is 2.35. The zero-order valence-electron chi connectivity index (χ0n) is 10.2. The summed E-state index contributed by atoms with van der Waals surface area (Å²) >= 11 is 0. The van der Waals surface area contributed by atoms with Crippen molar-refractivity contribution >= 4 is 16.2 Å². The smallest absolute Gasteiger partial charge is 0.304 e. The van der Waals surface area contributed by atoms with Gasteiger partial charge in [0.05, 0.1) is 32.3 Å². The number of carboxylic acids is 1. The van der Waals surface area contributed by atoms with E-state index in [0.29, 0.717) is 19.8 Å². The number of ether oxygens (including phenoxy) is 2.